The van der Waals surface area contributed by atoms with Crippen molar-refractivity contribution in [2.45, 2.75) is 24.5 Å². The van der Waals surface area contributed by atoms with Crippen LogP contribution in [0.4, 0.5) is 11.4 Å². The summed E-state index contributed by atoms with van der Waals surface area (Å²) >= 11 is 2.93. The maximum Gasteiger partial charge on any atom is 0.252 e. The minimum absolute atomic E-state index is 0.154. The molecule has 1 aromatic carbocycles. The lowest BCUT2D eigenvalue weighted by Crippen LogP contribution is -2.37. The molecule has 1 fully saturated rings. The number of rotatable bonds is 6. The van der Waals surface area contributed by atoms with Crippen LogP contribution in [0.3, 0.4) is 0 Å². The van der Waals surface area contributed by atoms with Crippen LogP contribution < -0.4 is 10.6 Å². The molecule has 0 spiro atoms. The average Bonchev–Trinajstić information content (AvgIpc) is 3.05. The largest absolute Gasteiger partial charge is 0.326 e. The fourth-order valence-electron chi connectivity index (χ4n) is 2.91. The highest BCUT2D eigenvalue weighted by Gasteiger charge is 2.28. The Balaban J connectivity index is 1.66. The van der Waals surface area contributed by atoms with E-state index in [-0.39, 0.29) is 22.4 Å². The van der Waals surface area contributed by atoms with Crippen LogP contribution in [0, 0.1) is 6.92 Å². The molecule has 0 atom stereocenters. The molecule has 2 heterocycles. The third kappa shape index (κ3) is 5.59. The molecule has 2 aromatic rings. The van der Waals surface area contributed by atoms with Crippen molar-refractivity contribution in [2.24, 2.45) is 0 Å². The van der Waals surface area contributed by atoms with E-state index in [1.807, 2.05) is 0 Å². The van der Waals surface area contributed by atoms with Gasteiger partial charge in [-0.25, -0.2) is 8.42 Å². The lowest BCUT2D eigenvalue weighted by Gasteiger charge is -2.24. The smallest absolute Gasteiger partial charge is 0.252 e. The number of carbonyl (C=O) groups excluding carboxylic acids is 2. The van der Waals surface area contributed by atoms with Gasteiger partial charge in [-0.2, -0.15) is 16.1 Å². The van der Waals surface area contributed by atoms with Crippen molar-refractivity contribution in [3.05, 3.63) is 40.8 Å². The number of amides is 2. The first-order valence-corrected chi connectivity index (χ1v) is 12.5. The van der Waals surface area contributed by atoms with E-state index in [1.165, 1.54) is 22.6 Å². The number of carbonyl (C=O) groups is 2. The Labute approximate surface area is 178 Å². The molecule has 10 heteroatoms. The van der Waals surface area contributed by atoms with Gasteiger partial charge in [0.1, 0.15) is 4.21 Å². The van der Waals surface area contributed by atoms with Crippen molar-refractivity contribution < 1.29 is 18.0 Å². The third-order valence-electron chi connectivity index (χ3n) is 4.37. The Kier molecular flexibility index (Phi) is 6.99. The zero-order valence-corrected chi connectivity index (χ0v) is 18.7. The number of hydrogen-bond acceptors (Lipinski definition) is 6. The highest BCUT2D eigenvalue weighted by Crippen LogP contribution is 2.32. The molecule has 1 aliphatic rings. The minimum Gasteiger partial charge on any atom is -0.326 e. The van der Waals surface area contributed by atoms with Crippen LogP contribution in [-0.4, -0.2) is 49.1 Å². The Hall–Kier alpha value is -1.88. The quantitative estimate of drug-likeness (QED) is 0.701. The van der Waals surface area contributed by atoms with Gasteiger partial charge in [0.2, 0.25) is 11.8 Å². The Morgan fingerprint density at radius 1 is 1.10 bits per heavy atom. The Morgan fingerprint density at radius 3 is 2.38 bits per heavy atom. The molecule has 2 N–H and O–H groups in total. The van der Waals surface area contributed by atoms with E-state index in [0.29, 0.717) is 24.5 Å². The summed E-state index contributed by atoms with van der Waals surface area (Å²) in [6.07, 6.45) is 0.154. The number of anilines is 2. The van der Waals surface area contributed by atoms with Crippen LogP contribution >= 0.6 is 23.1 Å². The molecule has 0 unspecified atom stereocenters. The minimum atomic E-state index is -3.52. The monoisotopic (exact) mass is 453 g/mol. The van der Waals surface area contributed by atoms with Crippen molar-refractivity contribution in [2.75, 3.05) is 35.2 Å². The van der Waals surface area contributed by atoms with E-state index in [2.05, 4.69) is 10.6 Å². The van der Waals surface area contributed by atoms with Gasteiger partial charge in [-0.3, -0.25) is 9.59 Å². The van der Waals surface area contributed by atoms with E-state index in [4.69, 9.17) is 0 Å². The second-order valence-corrected chi connectivity index (χ2v) is 11.3. The van der Waals surface area contributed by atoms with E-state index < -0.39 is 10.0 Å². The molecule has 2 amide bonds. The van der Waals surface area contributed by atoms with Crippen molar-refractivity contribution in [1.82, 2.24) is 4.31 Å². The Bertz CT molecular complexity index is 994. The first-order chi connectivity index (χ1) is 13.8. The lowest BCUT2D eigenvalue weighted by molar-refractivity contribution is -0.116. The van der Waals surface area contributed by atoms with E-state index in [1.54, 1.807) is 49.0 Å². The number of nitrogens with one attached hydrogen (secondary N) is 2. The molecular formula is C19H23N3O4S3. The summed E-state index contributed by atoms with van der Waals surface area (Å²) in [6.45, 7) is 4.26. The Morgan fingerprint density at radius 2 is 1.76 bits per heavy atom. The number of nitrogens with zero attached hydrogens (tertiary/aromatic N) is 1. The lowest BCUT2D eigenvalue weighted by atomic mass is 10.1. The van der Waals surface area contributed by atoms with Gasteiger partial charge >= 0.3 is 0 Å². The van der Waals surface area contributed by atoms with Gasteiger partial charge in [-0.1, -0.05) is 12.1 Å². The summed E-state index contributed by atoms with van der Waals surface area (Å²) < 4.78 is 27.4. The summed E-state index contributed by atoms with van der Waals surface area (Å²) in [6, 6.07) is 8.57. The van der Waals surface area contributed by atoms with E-state index >= 15 is 0 Å². The van der Waals surface area contributed by atoms with Crippen LogP contribution in [0.2, 0.25) is 0 Å². The normalized spacial score (nSPS) is 15.1. The van der Waals surface area contributed by atoms with Crippen LogP contribution in [-0.2, 0) is 26.0 Å². The number of thiophene rings is 1. The van der Waals surface area contributed by atoms with Crippen molar-refractivity contribution in [3.8, 4) is 0 Å². The predicted octanol–water partition coefficient (Wildman–Crippen LogP) is 2.93. The van der Waals surface area contributed by atoms with Gasteiger partial charge in [0.05, 0.1) is 12.1 Å². The second-order valence-electron chi connectivity index (χ2n) is 6.65. The summed E-state index contributed by atoms with van der Waals surface area (Å²) in [5, 5.41) is 5.49. The molecular weight excluding hydrogens is 430 g/mol. The van der Waals surface area contributed by atoms with Gasteiger partial charge in [-0.05, 0) is 30.7 Å². The van der Waals surface area contributed by atoms with Crippen LogP contribution in [0.1, 0.15) is 17.4 Å². The van der Waals surface area contributed by atoms with Crippen LogP contribution in [0.15, 0.2) is 34.5 Å². The average molecular weight is 454 g/mol. The molecule has 1 aliphatic heterocycles. The predicted molar refractivity (Wildman–Crippen MR) is 118 cm³/mol. The zero-order valence-electron chi connectivity index (χ0n) is 16.2. The maximum atomic E-state index is 12.8. The molecule has 3 rings (SSSR count). The molecule has 156 valence electrons. The van der Waals surface area contributed by atoms with Gasteiger partial charge in [-0.15, -0.1) is 11.3 Å². The number of hydrogen-bond donors (Lipinski definition) is 2. The number of sulfonamides is 1. The second kappa shape index (κ2) is 9.29. The van der Waals surface area contributed by atoms with Gasteiger partial charge in [0.15, 0.2) is 0 Å². The molecule has 0 aliphatic carbocycles. The van der Waals surface area contributed by atoms with E-state index in [0.717, 1.165) is 21.9 Å². The topological polar surface area (TPSA) is 95.6 Å². The SMILES string of the molecule is CC(=O)Nc1ccc(CC(=O)Nc2cc(S(=O)(=O)N3CCSCC3)sc2C)cc1. The highest BCUT2D eigenvalue weighted by atomic mass is 32.2. The zero-order chi connectivity index (χ0) is 21.0. The molecule has 29 heavy (non-hydrogen) atoms. The molecule has 1 aromatic heterocycles. The maximum absolute atomic E-state index is 12.8. The fourth-order valence-corrected chi connectivity index (χ4v) is 7.04. The molecule has 7 nitrogen and oxygen atoms in total. The molecule has 0 saturated carbocycles. The summed E-state index contributed by atoms with van der Waals surface area (Å²) in [5.41, 5.74) is 1.99. The number of thioether (sulfide) groups is 1. The van der Waals surface area contributed by atoms with E-state index in [9.17, 15) is 18.0 Å². The number of aryl methyl sites for hydroxylation is 1. The number of benzene rings is 1. The molecule has 0 radical (unpaired) electrons. The van der Waals surface area contributed by atoms with Crippen molar-refractivity contribution in [3.63, 3.8) is 0 Å². The summed E-state index contributed by atoms with van der Waals surface area (Å²) in [5.74, 6) is 1.22. The fraction of sp³-hybridized carbons (Fsp3) is 0.368. The van der Waals surface area contributed by atoms with Gasteiger partial charge < -0.3 is 10.6 Å². The van der Waals surface area contributed by atoms with Crippen LogP contribution in [0.25, 0.3) is 0 Å². The van der Waals surface area contributed by atoms with Crippen molar-refractivity contribution >= 4 is 56.3 Å². The first-order valence-electron chi connectivity index (χ1n) is 9.10. The summed E-state index contributed by atoms with van der Waals surface area (Å²) in [7, 11) is -3.52. The standard InChI is InChI=1S/C19H23N3O4S3/c1-13-17(12-19(28-13)29(25,26)22-7-9-27-10-8-22)21-18(24)11-15-3-5-16(6-4-15)20-14(2)23/h3-6,12H,7-11H2,1-2H3,(H,20,23)(H,21,24). The van der Waals surface area contributed by atoms with Crippen LogP contribution in [0.5, 0.6) is 0 Å². The van der Waals surface area contributed by atoms with Gasteiger partial charge in [0.25, 0.3) is 10.0 Å². The summed E-state index contributed by atoms with van der Waals surface area (Å²) in [4.78, 5) is 24.2. The first kappa shape index (κ1) is 21.8. The van der Waals surface area contributed by atoms with Gasteiger partial charge in [0, 0.05) is 42.1 Å². The van der Waals surface area contributed by atoms with Crippen molar-refractivity contribution in [1.29, 1.82) is 0 Å². The molecule has 0 bridgehead atoms. The third-order valence-corrected chi connectivity index (χ3v) is 8.71. The molecule has 1 saturated heterocycles. The highest BCUT2D eigenvalue weighted by molar-refractivity contribution is 7.99.